The number of carbonyl (C=O) groups excluding carboxylic acids is 5. The molecular formula is C53H57N11Na2O25P2S4. The molecule has 0 radical (unpaired) electrons. The van der Waals surface area contributed by atoms with Crippen molar-refractivity contribution in [3.8, 4) is 17.2 Å². The number of alkyl carbamates (subject to hydrolysis) is 1. The molecule has 0 spiro atoms. The number of aliphatic hydroxyl groups excluding tert-OH is 4. The number of nitrogens with zero attached hydrogens (tertiary/aromatic N) is 8. The maximum absolute atomic E-state index is 14.1. The summed E-state index contributed by atoms with van der Waals surface area (Å²) in [6.07, 6.45) is -16.0. The van der Waals surface area contributed by atoms with Crippen LogP contribution in [0.3, 0.4) is 0 Å². The summed E-state index contributed by atoms with van der Waals surface area (Å²) in [7, 11) is 3.81. The fraction of sp³-hybridized carbons (Fsp3) is 0.491. The van der Waals surface area contributed by atoms with Crippen molar-refractivity contribution in [3.63, 3.8) is 0 Å². The molecule has 4 saturated heterocycles. The Kier molecular flexibility index (Phi) is 23.8. The number of fused-ring (bicyclic) bond motifs is 7. The Hall–Kier alpha value is -4.37. The molecule has 6 unspecified atom stereocenters. The number of phenolic OH excluding ortho intramolecular Hbond substituents is 2. The van der Waals surface area contributed by atoms with Crippen LogP contribution in [0.4, 0.5) is 21.2 Å². The van der Waals surface area contributed by atoms with Crippen LogP contribution >= 0.6 is 35.2 Å². The molecule has 2 aliphatic carbocycles. The second-order valence-electron chi connectivity index (χ2n) is 22.2. The summed E-state index contributed by atoms with van der Waals surface area (Å²) in [6, 6.07) is 3.14. The van der Waals surface area contributed by atoms with Gasteiger partial charge in [0.1, 0.15) is 104 Å². The molecule has 510 valence electrons. The fourth-order valence-corrected chi connectivity index (χ4v) is 16.5. The van der Waals surface area contributed by atoms with E-state index in [-0.39, 0.29) is 152 Å². The van der Waals surface area contributed by atoms with Crippen molar-refractivity contribution >= 4 is 123 Å². The molecule has 97 heavy (non-hydrogen) atoms. The Morgan fingerprint density at radius 3 is 1.97 bits per heavy atom. The number of nitrogens with one attached hydrogen (secondary N) is 2. The summed E-state index contributed by atoms with van der Waals surface area (Å²) < 4.78 is 92.8. The monoisotopic (exact) mass is 1480 g/mol. The summed E-state index contributed by atoms with van der Waals surface area (Å²) >= 11 is 10.4. The van der Waals surface area contributed by atoms with Gasteiger partial charge in [-0.3, -0.25) is 38.0 Å². The molecule has 36 nitrogen and oxygen atoms in total. The summed E-state index contributed by atoms with van der Waals surface area (Å²) in [6.45, 7) is -10.4. The Morgan fingerprint density at radius 2 is 1.36 bits per heavy atom. The second-order valence-corrected chi connectivity index (χ2v) is 30.3. The maximum atomic E-state index is 14.1. The van der Waals surface area contributed by atoms with Gasteiger partial charge in [-0.25, -0.2) is 39.5 Å². The molecule has 0 saturated carbocycles. The van der Waals surface area contributed by atoms with E-state index in [1.54, 1.807) is 0 Å². The van der Waals surface area contributed by atoms with E-state index in [9.17, 15) is 68.8 Å². The van der Waals surface area contributed by atoms with Crippen LogP contribution in [0.25, 0.3) is 22.3 Å². The zero-order valence-electron chi connectivity index (χ0n) is 51.3. The minimum atomic E-state index is -4.58. The number of hydrogen-bond acceptors (Lipinski definition) is 36. The van der Waals surface area contributed by atoms with Crippen molar-refractivity contribution in [2.45, 2.75) is 112 Å². The van der Waals surface area contributed by atoms with Gasteiger partial charge in [-0.05, 0) is 13.0 Å². The van der Waals surface area contributed by atoms with Crippen molar-refractivity contribution in [2.24, 2.45) is 0 Å². The summed E-state index contributed by atoms with van der Waals surface area (Å²) in [5.41, 5.74) is 1.87. The molecule has 4 aliphatic heterocycles. The number of Topliss-reactive ketones (excluding diaryl/α,β-unsaturated/α-hetero) is 1. The summed E-state index contributed by atoms with van der Waals surface area (Å²) in [5.74, 6) is -3.94. The maximum Gasteiger partial charge on any atom is 1.00 e. The molecule has 4 aromatic heterocycles. The third-order valence-corrected chi connectivity index (χ3v) is 21.8. The first-order valence-electron chi connectivity index (χ1n) is 28.7. The van der Waals surface area contributed by atoms with E-state index >= 15 is 0 Å². The number of nitrogens with two attached hydrogens (primary N) is 1. The van der Waals surface area contributed by atoms with Gasteiger partial charge in [0.15, 0.2) is 72.4 Å². The number of ketones is 3. The number of carbonyl (C=O) groups is 5. The van der Waals surface area contributed by atoms with E-state index < -0.39 is 184 Å². The van der Waals surface area contributed by atoms with E-state index in [2.05, 4.69) is 40.5 Å². The van der Waals surface area contributed by atoms with Gasteiger partial charge in [-0.15, -0.1) is 0 Å². The van der Waals surface area contributed by atoms with Crippen LogP contribution in [0, 0.1) is 0 Å². The molecule has 16 atom stereocenters. The zero-order valence-corrected chi connectivity index (χ0v) is 60.3. The standard InChI is InChI=1S/C53H59N11O25P2S4.2Na/c1-20-36(67)23(10-29(84-20)85-25-12-53(76,28(66)13-65)11-22-31(25)40(71)33-32(38(22)69)37(68)21-4-3-5-24(79-2)30(21)39(33)70)61-51(74)80-6-8-94-95-9-7-81-52(75)62-46-35-48(58-17-56-46)64(19-60-35)50-42(73)44-27(87-50)15-83-90(77,92)88-43-26(14-82-91(78,93)89-44)86-49(41(43)72)63-18-59-34-45(54)55-16-57-47(34)63;;/h3-5,16-20,23,25-27,29,36,41-44,49-50,65,67,69,71-73,76H,6-15H2,1-2H3,(H,61,74)(H,77,92)(H,78,93)(H2,54,55,57)(H,56,58,62,75);;/q;2*+1/p-2/t20?,23?,25-,26+,27-,29?,36?,41+,42+,43+,44+,49-,50+,53-,90?,91?;;/m0../s1. The minimum Gasteiger partial charge on any atom is -0.660 e. The SMILES string of the molecule is COc1cccc2c1C(=O)c1c(O)c3c(c(O)c1C2=O)C[C@@](O)(C(=O)CO)C[C@@H]3OC1CC(NC(=O)OCCSSCCOC(=O)Nc2ncnc3c2ncn3[C@@H]2O[C@H]3COP(=O)([S-])O[C@H]4[C@@H](O)[C@@H](n5cnc6c(N)ncnc65)O[C@@H]4COP(=O)([S-])O[C@H]3[C@H]2O)C(O)C(C)O1.[Na+].[Na+]. The van der Waals surface area contributed by atoms with Crippen molar-refractivity contribution < 1.29 is 179 Å². The van der Waals surface area contributed by atoms with Crippen molar-refractivity contribution in [1.82, 2.24) is 44.4 Å². The van der Waals surface area contributed by atoms with Crippen molar-refractivity contribution in [3.05, 3.63) is 76.9 Å². The van der Waals surface area contributed by atoms with Gasteiger partial charge < -0.3 is 123 Å². The topological polar surface area (TPSA) is 500 Å². The second kappa shape index (κ2) is 30.7. The van der Waals surface area contributed by atoms with E-state index in [1.807, 2.05) is 0 Å². The van der Waals surface area contributed by atoms with Crippen LogP contribution in [-0.2, 0) is 91.4 Å². The number of aromatic hydroxyl groups is 2. The van der Waals surface area contributed by atoms with Crippen LogP contribution in [0.15, 0.2) is 43.5 Å². The van der Waals surface area contributed by atoms with E-state index in [4.69, 9.17) is 81.5 Å². The van der Waals surface area contributed by atoms with Gasteiger partial charge in [0.2, 0.25) is 5.78 Å². The molecule has 2 aromatic carbocycles. The zero-order chi connectivity index (χ0) is 67.6. The third-order valence-electron chi connectivity index (χ3n) is 16.4. The molecule has 6 aromatic rings. The fourth-order valence-electron chi connectivity index (χ4n) is 11.9. The van der Waals surface area contributed by atoms with Crippen molar-refractivity contribution in [2.75, 3.05) is 62.7 Å². The number of benzene rings is 2. The number of aromatic nitrogens is 8. The van der Waals surface area contributed by atoms with E-state index in [1.165, 1.54) is 81.9 Å². The van der Waals surface area contributed by atoms with Crippen LogP contribution < -0.4 is 80.2 Å². The predicted octanol–water partition coefficient (Wildman–Crippen LogP) is -4.39. The van der Waals surface area contributed by atoms with Crippen molar-refractivity contribution in [1.29, 1.82) is 0 Å². The van der Waals surface area contributed by atoms with Crippen LogP contribution in [0.5, 0.6) is 17.2 Å². The first-order chi connectivity index (χ1) is 45.3. The molecule has 11 N–H and O–H groups in total. The normalized spacial score (nSPS) is 30.8. The molecule has 44 heteroatoms. The quantitative estimate of drug-likeness (QED) is 0.0109. The Bertz CT molecular complexity index is 4140. The number of imidazole rings is 2. The smallest absolute Gasteiger partial charge is 0.660 e. The van der Waals surface area contributed by atoms with Gasteiger partial charge in [0, 0.05) is 47.5 Å². The number of hydrogen-bond donors (Lipinski definition) is 10. The Balaban J connectivity index is 0.00000511. The molecule has 6 aliphatic rings. The predicted molar refractivity (Wildman–Crippen MR) is 328 cm³/mol. The van der Waals surface area contributed by atoms with Gasteiger partial charge in [0.25, 0.3) is 0 Å². The van der Waals surface area contributed by atoms with Gasteiger partial charge in [-0.1, -0.05) is 33.7 Å². The summed E-state index contributed by atoms with van der Waals surface area (Å²) in [4.78, 5) is 91.9. The Morgan fingerprint density at radius 1 is 0.784 bits per heavy atom. The molecule has 8 heterocycles. The first-order valence-corrected chi connectivity index (χ1v) is 36.3. The number of rotatable bonds is 16. The number of ether oxygens (including phenoxy) is 7. The molecule has 4 fully saturated rings. The number of amides is 2. The van der Waals surface area contributed by atoms with E-state index in [0.717, 1.165) is 6.33 Å². The molecule has 12 rings (SSSR count). The van der Waals surface area contributed by atoms with Gasteiger partial charge >= 0.3 is 71.3 Å². The minimum absolute atomic E-state index is 0. The third kappa shape index (κ3) is 15.1. The van der Waals surface area contributed by atoms with Crippen LogP contribution in [0.1, 0.15) is 81.3 Å². The largest absolute Gasteiger partial charge is 1.00 e. The number of aliphatic hydroxyl groups is 5. The van der Waals surface area contributed by atoms with Crippen LogP contribution in [-0.4, -0.2) is 223 Å². The van der Waals surface area contributed by atoms with Gasteiger partial charge in [0.05, 0.1) is 67.9 Å². The average Bonchev–Trinajstić information content (AvgIpc) is 1.56. The number of phenols is 2. The Labute approximate surface area is 610 Å². The first kappa shape index (κ1) is 75.3. The molecule has 0 bridgehead atoms. The molecular weight excluding hydrogens is 1430 g/mol. The van der Waals surface area contributed by atoms with Gasteiger partial charge in [-0.2, -0.15) is 0 Å². The summed E-state index contributed by atoms with van der Waals surface area (Å²) in [5, 5.41) is 84.3. The van der Waals surface area contributed by atoms with Crippen LogP contribution in [0.2, 0.25) is 0 Å². The molecule has 2 amide bonds. The number of nitrogen functional groups attached to an aromatic ring is 1. The number of anilines is 2. The van der Waals surface area contributed by atoms with E-state index in [0.29, 0.717) is 0 Å². The number of methoxy groups -OCH3 is 1. The average molecular weight is 1480 g/mol.